The van der Waals surface area contributed by atoms with Crippen LogP contribution >= 0.6 is 0 Å². The van der Waals surface area contributed by atoms with Gasteiger partial charge < -0.3 is 4.74 Å². The van der Waals surface area contributed by atoms with E-state index in [1.165, 1.54) is 4.31 Å². The third-order valence-electron chi connectivity index (χ3n) is 2.01. The Morgan fingerprint density at radius 1 is 1.67 bits per heavy atom. The van der Waals surface area contributed by atoms with Gasteiger partial charge in [0.2, 0.25) is 0 Å². The van der Waals surface area contributed by atoms with Gasteiger partial charge in [-0.3, -0.25) is 0 Å². The van der Waals surface area contributed by atoms with E-state index in [0.717, 1.165) is 12.8 Å². The van der Waals surface area contributed by atoms with Gasteiger partial charge in [-0.15, -0.1) is 0 Å². The first-order valence-electron chi connectivity index (χ1n) is 3.84. The van der Waals surface area contributed by atoms with Crippen molar-refractivity contribution >= 4 is 10.2 Å². The third-order valence-corrected chi connectivity index (χ3v) is 3.14. The largest absolute Gasteiger partial charge is 0.383 e. The average molecular weight is 194 g/mol. The Morgan fingerprint density at radius 2 is 2.33 bits per heavy atom. The average Bonchev–Trinajstić information content (AvgIpc) is 2.34. The standard InChI is InChI=1S/C6H14N2O3S/c1-11-5-6-3-2-4-8(6)12(7,9)10/h6H,2-5H2,1H3,(H2,7,9,10)/t6-/m1/s1. The quantitative estimate of drug-likeness (QED) is 0.645. The van der Waals surface area contributed by atoms with E-state index in [1.54, 1.807) is 7.11 Å². The van der Waals surface area contributed by atoms with Crippen molar-refractivity contribution < 1.29 is 13.2 Å². The number of rotatable bonds is 3. The van der Waals surface area contributed by atoms with Gasteiger partial charge in [0.25, 0.3) is 10.2 Å². The molecule has 0 aromatic heterocycles. The third kappa shape index (κ3) is 2.16. The summed E-state index contributed by atoms with van der Waals surface area (Å²) in [4.78, 5) is 0. The molecule has 1 fully saturated rings. The van der Waals surface area contributed by atoms with Crippen molar-refractivity contribution in [3.63, 3.8) is 0 Å². The summed E-state index contributed by atoms with van der Waals surface area (Å²) < 4.78 is 28.1. The van der Waals surface area contributed by atoms with Crippen molar-refractivity contribution in [1.82, 2.24) is 4.31 Å². The first-order chi connectivity index (χ1) is 5.55. The van der Waals surface area contributed by atoms with Crippen molar-refractivity contribution in [3.8, 4) is 0 Å². The van der Waals surface area contributed by atoms with Crippen LogP contribution in [-0.2, 0) is 14.9 Å². The summed E-state index contributed by atoms with van der Waals surface area (Å²) in [7, 11) is -1.97. The fourth-order valence-corrected chi connectivity index (χ4v) is 2.47. The lowest BCUT2D eigenvalue weighted by molar-refractivity contribution is 0.149. The molecule has 1 aliphatic rings. The molecule has 0 saturated carbocycles. The molecule has 0 amide bonds. The summed E-state index contributed by atoms with van der Waals surface area (Å²) >= 11 is 0. The van der Waals surface area contributed by atoms with Gasteiger partial charge in [-0.1, -0.05) is 0 Å². The van der Waals surface area contributed by atoms with Gasteiger partial charge in [-0.2, -0.15) is 12.7 Å². The molecule has 0 aromatic rings. The Hall–Kier alpha value is -0.170. The maximum absolute atomic E-state index is 11.0. The maximum Gasteiger partial charge on any atom is 0.277 e. The summed E-state index contributed by atoms with van der Waals surface area (Å²) in [5.74, 6) is 0. The summed E-state index contributed by atoms with van der Waals surface area (Å²) in [6.07, 6.45) is 1.70. The Kier molecular flexibility index (Phi) is 3.05. The predicted octanol–water partition coefficient (Wildman–Crippen LogP) is -0.699. The van der Waals surface area contributed by atoms with Crippen LogP contribution in [0.25, 0.3) is 0 Å². The molecular formula is C6H14N2O3S. The van der Waals surface area contributed by atoms with Crippen LogP contribution in [0.4, 0.5) is 0 Å². The smallest absolute Gasteiger partial charge is 0.277 e. The van der Waals surface area contributed by atoms with Crippen molar-refractivity contribution in [2.24, 2.45) is 5.14 Å². The van der Waals surface area contributed by atoms with Crippen LogP contribution in [0, 0.1) is 0 Å². The zero-order chi connectivity index (χ0) is 9.19. The second-order valence-electron chi connectivity index (χ2n) is 2.91. The molecule has 0 spiro atoms. The molecule has 0 aliphatic carbocycles. The molecule has 5 nitrogen and oxygen atoms in total. The van der Waals surface area contributed by atoms with Gasteiger partial charge in [0.1, 0.15) is 0 Å². The summed E-state index contributed by atoms with van der Waals surface area (Å²) in [6.45, 7) is 0.948. The molecule has 1 aliphatic heterocycles. The van der Waals surface area contributed by atoms with Gasteiger partial charge in [-0.25, -0.2) is 5.14 Å². The number of hydrogen-bond acceptors (Lipinski definition) is 3. The lowest BCUT2D eigenvalue weighted by Crippen LogP contribution is -2.42. The minimum absolute atomic E-state index is 0.0648. The first kappa shape index (κ1) is 9.91. The van der Waals surface area contributed by atoms with Crippen LogP contribution < -0.4 is 5.14 Å². The predicted molar refractivity (Wildman–Crippen MR) is 44.7 cm³/mol. The molecule has 1 heterocycles. The lowest BCUT2D eigenvalue weighted by atomic mass is 10.2. The Balaban J connectivity index is 2.64. The summed E-state index contributed by atoms with van der Waals surface area (Å²) in [5, 5.41) is 5.00. The Bertz CT molecular complexity index is 239. The molecule has 0 unspecified atom stereocenters. The number of nitrogens with two attached hydrogens (primary N) is 1. The van der Waals surface area contributed by atoms with E-state index in [-0.39, 0.29) is 6.04 Å². The minimum Gasteiger partial charge on any atom is -0.383 e. The molecule has 1 rings (SSSR count). The fourth-order valence-electron chi connectivity index (χ4n) is 1.50. The van der Waals surface area contributed by atoms with E-state index in [2.05, 4.69) is 0 Å². The molecule has 12 heavy (non-hydrogen) atoms. The van der Waals surface area contributed by atoms with E-state index >= 15 is 0 Å². The van der Waals surface area contributed by atoms with Crippen LogP contribution in [-0.4, -0.2) is 39.0 Å². The van der Waals surface area contributed by atoms with E-state index in [0.29, 0.717) is 13.2 Å². The van der Waals surface area contributed by atoms with Gasteiger partial charge in [0.15, 0.2) is 0 Å². The van der Waals surface area contributed by atoms with Crippen LogP contribution in [0.3, 0.4) is 0 Å². The SMILES string of the molecule is COC[C@H]1CCCN1S(N)(=O)=O. The Labute approximate surface area is 72.7 Å². The highest BCUT2D eigenvalue weighted by molar-refractivity contribution is 7.86. The zero-order valence-electron chi connectivity index (χ0n) is 7.06. The molecule has 0 bridgehead atoms. The molecule has 1 atom stereocenters. The summed E-state index contributed by atoms with van der Waals surface area (Å²) in [6, 6.07) is -0.0648. The first-order valence-corrected chi connectivity index (χ1v) is 5.34. The van der Waals surface area contributed by atoms with Gasteiger partial charge >= 0.3 is 0 Å². The highest BCUT2D eigenvalue weighted by atomic mass is 32.2. The van der Waals surface area contributed by atoms with Gasteiger partial charge in [-0.05, 0) is 12.8 Å². The van der Waals surface area contributed by atoms with E-state index in [1.807, 2.05) is 0 Å². The molecule has 72 valence electrons. The van der Waals surface area contributed by atoms with E-state index in [4.69, 9.17) is 9.88 Å². The minimum atomic E-state index is -3.52. The number of nitrogens with zero attached hydrogens (tertiary/aromatic N) is 1. The molecule has 0 radical (unpaired) electrons. The van der Waals surface area contributed by atoms with Crippen molar-refractivity contribution in [2.75, 3.05) is 20.3 Å². The van der Waals surface area contributed by atoms with Crippen molar-refractivity contribution in [3.05, 3.63) is 0 Å². The lowest BCUT2D eigenvalue weighted by Gasteiger charge is -2.20. The Morgan fingerprint density at radius 3 is 2.83 bits per heavy atom. The van der Waals surface area contributed by atoms with E-state index in [9.17, 15) is 8.42 Å². The molecule has 6 heteroatoms. The molecule has 1 saturated heterocycles. The second kappa shape index (κ2) is 3.69. The highest BCUT2D eigenvalue weighted by Crippen LogP contribution is 2.18. The fraction of sp³-hybridized carbons (Fsp3) is 1.00. The normalized spacial score (nSPS) is 26.3. The number of hydrogen-bond donors (Lipinski definition) is 1. The second-order valence-corrected chi connectivity index (χ2v) is 4.41. The van der Waals surface area contributed by atoms with Crippen LogP contribution in [0.15, 0.2) is 0 Å². The monoisotopic (exact) mass is 194 g/mol. The van der Waals surface area contributed by atoms with Crippen LogP contribution in [0.5, 0.6) is 0 Å². The molecule has 2 N–H and O–H groups in total. The summed E-state index contributed by atoms with van der Waals surface area (Å²) in [5.41, 5.74) is 0. The number of ether oxygens (including phenoxy) is 1. The van der Waals surface area contributed by atoms with Crippen molar-refractivity contribution in [2.45, 2.75) is 18.9 Å². The maximum atomic E-state index is 11.0. The molecular weight excluding hydrogens is 180 g/mol. The number of methoxy groups -OCH3 is 1. The highest BCUT2D eigenvalue weighted by Gasteiger charge is 2.31. The van der Waals surface area contributed by atoms with Gasteiger partial charge in [0, 0.05) is 19.7 Å². The zero-order valence-corrected chi connectivity index (χ0v) is 7.88. The van der Waals surface area contributed by atoms with Crippen LogP contribution in [0.2, 0.25) is 0 Å². The van der Waals surface area contributed by atoms with Crippen LogP contribution in [0.1, 0.15) is 12.8 Å². The van der Waals surface area contributed by atoms with Gasteiger partial charge in [0.05, 0.1) is 6.61 Å². The van der Waals surface area contributed by atoms with Crippen molar-refractivity contribution in [1.29, 1.82) is 0 Å². The van der Waals surface area contributed by atoms with E-state index < -0.39 is 10.2 Å². The topological polar surface area (TPSA) is 72.6 Å². The molecule has 0 aromatic carbocycles.